The topological polar surface area (TPSA) is 73.9 Å². The van der Waals surface area contributed by atoms with Crippen molar-refractivity contribution in [3.63, 3.8) is 0 Å². The van der Waals surface area contributed by atoms with Crippen LogP contribution in [0.1, 0.15) is 30.9 Å². The predicted molar refractivity (Wildman–Crippen MR) is 80.9 cm³/mol. The number of oxime groups is 1. The van der Waals surface area contributed by atoms with Crippen LogP contribution in [0.5, 0.6) is 0 Å². The molecule has 0 spiro atoms. The van der Waals surface area contributed by atoms with E-state index in [9.17, 15) is 0 Å². The monoisotopic (exact) mass is 276 g/mol. The molecule has 1 atom stereocenters. The fourth-order valence-corrected chi connectivity index (χ4v) is 2.89. The van der Waals surface area contributed by atoms with Gasteiger partial charge in [0.2, 0.25) is 0 Å². The normalized spacial score (nSPS) is 20.4. The van der Waals surface area contributed by atoms with Gasteiger partial charge in [-0.1, -0.05) is 36.3 Å². The lowest BCUT2D eigenvalue weighted by molar-refractivity contribution is 0.260. The van der Waals surface area contributed by atoms with Crippen molar-refractivity contribution in [2.45, 2.75) is 32.4 Å². The lowest BCUT2D eigenvalue weighted by Gasteiger charge is -2.23. The number of hydrogen-bond donors (Lipinski definition) is 3. The van der Waals surface area contributed by atoms with E-state index >= 15 is 0 Å². The van der Waals surface area contributed by atoms with Gasteiger partial charge in [0, 0.05) is 24.7 Å². The number of likely N-dealkylation sites (N-methyl/N-ethyl adjacent to an activating group) is 1. The van der Waals surface area contributed by atoms with E-state index in [1.54, 1.807) is 0 Å². The molecule has 0 aromatic heterocycles. The summed E-state index contributed by atoms with van der Waals surface area (Å²) in [5.74, 6) is 0.165. The zero-order valence-electron chi connectivity index (χ0n) is 12.0. The SMILES string of the molecule is CCN1CCCC1CNCc1ccccc1C(N)=NO. The van der Waals surface area contributed by atoms with Crippen molar-refractivity contribution in [1.82, 2.24) is 10.2 Å². The molecule has 5 nitrogen and oxygen atoms in total. The van der Waals surface area contributed by atoms with E-state index in [4.69, 9.17) is 10.9 Å². The lowest BCUT2D eigenvalue weighted by Crippen LogP contribution is -2.37. The minimum Gasteiger partial charge on any atom is -0.409 e. The first kappa shape index (κ1) is 14.8. The Balaban J connectivity index is 1.91. The van der Waals surface area contributed by atoms with E-state index in [-0.39, 0.29) is 5.84 Å². The Morgan fingerprint density at radius 2 is 2.30 bits per heavy atom. The molecule has 1 aromatic carbocycles. The molecule has 1 heterocycles. The van der Waals surface area contributed by atoms with Gasteiger partial charge in [0.15, 0.2) is 5.84 Å². The molecule has 1 unspecified atom stereocenters. The molecule has 1 fully saturated rings. The van der Waals surface area contributed by atoms with Crippen LogP contribution < -0.4 is 11.1 Å². The van der Waals surface area contributed by atoms with Crippen LogP contribution in [0.4, 0.5) is 0 Å². The standard InChI is InChI=1S/C15H24N4O/c1-2-19-9-5-7-13(19)11-17-10-12-6-3-4-8-14(12)15(16)18-20/h3-4,6,8,13,17,20H,2,5,7,9-11H2,1H3,(H2,16,18). The minimum atomic E-state index is 0.165. The Morgan fingerprint density at radius 1 is 1.50 bits per heavy atom. The van der Waals surface area contributed by atoms with Gasteiger partial charge in [0.05, 0.1) is 0 Å². The lowest BCUT2D eigenvalue weighted by atomic mass is 10.1. The number of likely N-dealkylation sites (tertiary alicyclic amines) is 1. The summed E-state index contributed by atoms with van der Waals surface area (Å²) >= 11 is 0. The molecule has 20 heavy (non-hydrogen) atoms. The second kappa shape index (κ2) is 7.26. The van der Waals surface area contributed by atoms with E-state index in [0.717, 1.165) is 30.8 Å². The van der Waals surface area contributed by atoms with Gasteiger partial charge in [-0.3, -0.25) is 4.90 Å². The second-order valence-corrected chi connectivity index (χ2v) is 5.20. The Hall–Kier alpha value is -1.59. The van der Waals surface area contributed by atoms with Crippen LogP contribution in [0.15, 0.2) is 29.4 Å². The molecule has 0 radical (unpaired) electrons. The number of amidine groups is 1. The van der Waals surface area contributed by atoms with Crippen LogP contribution in [0.25, 0.3) is 0 Å². The van der Waals surface area contributed by atoms with E-state index in [2.05, 4.69) is 22.3 Å². The van der Waals surface area contributed by atoms with Crippen LogP contribution in [0, 0.1) is 0 Å². The number of nitrogens with one attached hydrogen (secondary N) is 1. The summed E-state index contributed by atoms with van der Waals surface area (Å²) in [6, 6.07) is 8.38. The molecule has 1 aliphatic rings. The van der Waals surface area contributed by atoms with Gasteiger partial charge in [-0.2, -0.15) is 0 Å². The number of rotatable bonds is 6. The van der Waals surface area contributed by atoms with Gasteiger partial charge in [0.1, 0.15) is 0 Å². The summed E-state index contributed by atoms with van der Waals surface area (Å²) in [4.78, 5) is 2.52. The first-order chi connectivity index (χ1) is 9.76. The largest absolute Gasteiger partial charge is 0.409 e. The Labute approximate surface area is 120 Å². The van der Waals surface area contributed by atoms with Gasteiger partial charge >= 0.3 is 0 Å². The van der Waals surface area contributed by atoms with Crippen LogP contribution in [-0.2, 0) is 6.54 Å². The molecule has 1 aliphatic heterocycles. The van der Waals surface area contributed by atoms with Crippen LogP contribution in [-0.4, -0.2) is 41.6 Å². The van der Waals surface area contributed by atoms with E-state index in [1.807, 2.05) is 24.3 Å². The number of hydrogen-bond acceptors (Lipinski definition) is 4. The van der Waals surface area contributed by atoms with Gasteiger partial charge in [-0.05, 0) is 31.5 Å². The average molecular weight is 276 g/mol. The first-order valence-corrected chi connectivity index (χ1v) is 7.26. The molecule has 4 N–H and O–H groups in total. The van der Waals surface area contributed by atoms with Crippen LogP contribution >= 0.6 is 0 Å². The third-order valence-electron chi connectivity index (χ3n) is 4.00. The molecule has 110 valence electrons. The van der Waals surface area contributed by atoms with Crippen LogP contribution in [0.3, 0.4) is 0 Å². The van der Waals surface area contributed by atoms with Gasteiger partial charge < -0.3 is 16.3 Å². The highest BCUT2D eigenvalue weighted by atomic mass is 16.4. The van der Waals surface area contributed by atoms with Crippen molar-refractivity contribution in [3.8, 4) is 0 Å². The fourth-order valence-electron chi connectivity index (χ4n) is 2.89. The summed E-state index contributed by atoms with van der Waals surface area (Å²) in [6.07, 6.45) is 2.56. The van der Waals surface area contributed by atoms with E-state index in [1.165, 1.54) is 19.4 Å². The van der Waals surface area contributed by atoms with Gasteiger partial charge in [0.25, 0.3) is 0 Å². The average Bonchev–Trinajstić information content (AvgIpc) is 2.94. The second-order valence-electron chi connectivity index (χ2n) is 5.20. The van der Waals surface area contributed by atoms with E-state index < -0.39 is 0 Å². The highest BCUT2D eigenvalue weighted by Crippen LogP contribution is 2.16. The molecule has 1 aromatic rings. The third-order valence-corrected chi connectivity index (χ3v) is 4.00. The fraction of sp³-hybridized carbons (Fsp3) is 0.533. The van der Waals surface area contributed by atoms with E-state index in [0.29, 0.717) is 6.04 Å². The zero-order chi connectivity index (χ0) is 14.4. The summed E-state index contributed by atoms with van der Waals surface area (Å²) < 4.78 is 0. The molecule has 0 amide bonds. The molecular formula is C15H24N4O. The van der Waals surface area contributed by atoms with Crippen molar-refractivity contribution in [2.24, 2.45) is 10.9 Å². The van der Waals surface area contributed by atoms with Crippen molar-refractivity contribution in [2.75, 3.05) is 19.6 Å². The molecule has 0 bridgehead atoms. The maximum absolute atomic E-state index is 8.81. The zero-order valence-corrected chi connectivity index (χ0v) is 12.0. The predicted octanol–water partition coefficient (Wildman–Crippen LogP) is 1.35. The maximum atomic E-state index is 8.81. The summed E-state index contributed by atoms with van der Waals surface area (Å²) in [6.45, 7) is 6.27. The number of benzene rings is 1. The molecule has 1 saturated heterocycles. The molecule has 5 heteroatoms. The molecule has 0 saturated carbocycles. The number of nitrogens with zero attached hydrogens (tertiary/aromatic N) is 2. The Bertz CT molecular complexity index is 461. The van der Waals surface area contributed by atoms with Gasteiger partial charge in [-0.25, -0.2) is 0 Å². The van der Waals surface area contributed by atoms with Crippen LogP contribution in [0.2, 0.25) is 0 Å². The minimum absolute atomic E-state index is 0.165. The van der Waals surface area contributed by atoms with Crippen molar-refractivity contribution in [3.05, 3.63) is 35.4 Å². The first-order valence-electron chi connectivity index (χ1n) is 7.26. The third kappa shape index (κ3) is 3.49. The van der Waals surface area contributed by atoms with Crippen molar-refractivity contribution < 1.29 is 5.21 Å². The Kier molecular flexibility index (Phi) is 5.38. The molecular weight excluding hydrogens is 252 g/mol. The summed E-state index contributed by atoms with van der Waals surface area (Å²) in [5.41, 5.74) is 7.55. The van der Waals surface area contributed by atoms with Crippen molar-refractivity contribution >= 4 is 5.84 Å². The highest BCUT2D eigenvalue weighted by molar-refractivity contribution is 5.98. The molecule has 0 aliphatic carbocycles. The van der Waals surface area contributed by atoms with Gasteiger partial charge in [-0.15, -0.1) is 0 Å². The summed E-state index contributed by atoms with van der Waals surface area (Å²) in [7, 11) is 0. The van der Waals surface area contributed by atoms with Crippen molar-refractivity contribution in [1.29, 1.82) is 0 Å². The smallest absolute Gasteiger partial charge is 0.170 e. The maximum Gasteiger partial charge on any atom is 0.170 e. The quantitative estimate of drug-likeness (QED) is 0.317. The molecule has 2 rings (SSSR count). The highest BCUT2D eigenvalue weighted by Gasteiger charge is 2.22. The Morgan fingerprint density at radius 3 is 3.05 bits per heavy atom. The number of nitrogens with two attached hydrogens (primary N) is 1. The summed E-state index contributed by atoms with van der Waals surface area (Å²) in [5, 5.41) is 15.4.